The Bertz CT molecular complexity index is 708. The van der Waals surface area contributed by atoms with Crippen LogP contribution in [0.1, 0.15) is 22.8 Å². The molecule has 118 valence electrons. The number of amides is 2. The van der Waals surface area contributed by atoms with Crippen molar-refractivity contribution in [2.45, 2.75) is 19.4 Å². The molecule has 23 heavy (non-hydrogen) atoms. The van der Waals surface area contributed by atoms with Crippen molar-refractivity contribution in [3.8, 4) is 0 Å². The lowest BCUT2D eigenvalue weighted by atomic mass is 10.1. The topological polar surface area (TPSA) is 67.4 Å². The molecule has 2 aromatic carbocycles. The van der Waals surface area contributed by atoms with Gasteiger partial charge in [0.05, 0.1) is 13.0 Å². The Hall–Kier alpha value is -2.82. The van der Waals surface area contributed by atoms with E-state index in [4.69, 9.17) is 4.74 Å². The highest BCUT2D eigenvalue weighted by Crippen LogP contribution is 2.22. The van der Waals surface area contributed by atoms with Crippen molar-refractivity contribution < 1.29 is 14.3 Å². The predicted octanol–water partition coefficient (Wildman–Crippen LogP) is 2.96. The van der Waals surface area contributed by atoms with Gasteiger partial charge in [0.1, 0.15) is 6.10 Å². The Kier molecular flexibility index (Phi) is 4.28. The number of ether oxygens (including phenoxy) is 1. The summed E-state index contributed by atoms with van der Waals surface area (Å²) in [5, 5.41) is 5.48. The van der Waals surface area contributed by atoms with Gasteiger partial charge in [-0.05, 0) is 30.2 Å². The molecular weight excluding hydrogens is 292 g/mol. The van der Waals surface area contributed by atoms with Crippen molar-refractivity contribution in [3.63, 3.8) is 0 Å². The van der Waals surface area contributed by atoms with Crippen LogP contribution in [0, 0.1) is 6.92 Å². The van der Waals surface area contributed by atoms with Crippen LogP contribution < -0.4 is 10.6 Å². The van der Waals surface area contributed by atoms with Crippen LogP contribution in [0.2, 0.25) is 0 Å². The predicted molar refractivity (Wildman–Crippen MR) is 87.2 cm³/mol. The third-order valence-electron chi connectivity index (χ3n) is 3.73. The van der Waals surface area contributed by atoms with Crippen LogP contribution in [0.4, 0.5) is 10.5 Å². The zero-order valence-electron chi connectivity index (χ0n) is 12.8. The van der Waals surface area contributed by atoms with E-state index < -0.39 is 6.09 Å². The van der Waals surface area contributed by atoms with Crippen LogP contribution in [-0.4, -0.2) is 18.5 Å². The van der Waals surface area contributed by atoms with Gasteiger partial charge in [-0.3, -0.25) is 4.79 Å². The Morgan fingerprint density at radius 3 is 2.48 bits per heavy atom. The highest BCUT2D eigenvalue weighted by molar-refractivity contribution is 5.92. The lowest BCUT2D eigenvalue weighted by Crippen LogP contribution is -2.14. The van der Waals surface area contributed by atoms with Crippen LogP contribution in [0.5, 0.6) is 0 Å². The third kappa shape index (κ3) is 3.88. The summed E-state index contributed by atoms with van der Waals surface area (Å²) in [6.45, 7) is 2.49. The van der Waals surface area contributed by atoms with Crippen LogP contribution in [-0.2, 0) is 16.0 Å². The number of nitrogens with one attached hydrogen (secondary N) is 2. The molecule has 0 radical (unpaired) electrons. The summed E-state index contributed by atoms with van der Waals surface area (Å²) in [6, 6.07) is 15.2. The molecule has 2 N–H and O–H groups in total. The largest absolute Gasteiger partial charge is 0.439 e. The summed E-state index contributed by atoms with van der Waals surface area (Å²) >= 11 is 0. The molecule has 1 heterocycles. The molecule has 5 nitrogen and oxygen atoms in total. The normalized spacial score (nSPS) is 16.6. The number of benzene rings is 2. The molecule has 1 fully saturated rings. The second kappa shape index (κ2) is 6.52. The van der Waals surface area contributed by atoms with E-state index in [2.05, 4.69) is 10.6 Å². The standard InChI is InChI=1S/C18H18N2O3/c1-12-2-4-13(5-3-12)10-17(21)20-15-8-6-14(7-9-15)16-11-19-18(22)23-16/h2-9,16H,10-11H2,1H3,(H,19,22)(H,20,21). The quantitative estimate of drug-likeness (QED) is 0.912. The second-order valence-electron chi connectivity index (χ2n) is 5.61. The molecule has 2 amide bonds. The molecule has 1 saturated heterocycles. The minimum Gasteiger partial charge on any atom is -0.439 e. The van der Waals surface area contributed by atoms with Gasteiger partial charge in [0.15, 0.2) is 0 Å². The summed E-state index contributed by atoms with van der Waals surface area (Å²) in [4.78, 5) is 23.1. The van der Waals surface area contributed by atoms with Gasteiger partial charge in [-0.25, -0.2) is 4.79 Å². The highest BCUT2D eigenvalue weighted by Gasteiger charge is 2.23. The molecule has 0 bridgehead atoms. The number of anilines is 1. The van der Waals surface area contributed by atoms with E-state index in [-0.39, 0.29) is 12.0 Å². The Morgan fingerprint density at radius 1 is 1.17 bits per heavy atom. The molecule has 1 aliphatic heterocycles. The molecule has 0 saturated carbocycles. The SMILES string of the molecule is Cc1ccc(CC(=O)Nc2ccc(C3CNC(=O)O3)cc2)cc1. The van der Waals surface area contributed by atoms with Gasteiger partial charge in [-0.1, -0.05) is 42.0 Å². The van der Waals surface area contributed by atoms with E-state index >= 15 is 0 Å². The van der Waals surface area contributed by atoms with Gasteiger partial charge in [0.25, 0.3) is 0 Å². The summed E-state index contributed by atoms with van der Waals surface area (Å²) in [5.41, 5.74) is 3.78. The van der Waals surface area contributed by atoms with Gasteiger partial charge >= 0.3 is 6.09 Å². The maximum Gasteiger partial charge on any atom is 0.407 e. The fraction of sp³-hybridized carbons (Fsp3) is 0.222. The first-order chi connectivity index (χ1) is 11.1. The van der Waals surface area contributed by atoms with E-state index in [1.165, 1.54) is 5.56 Å². The molecule has 2 aromatic rings. The van der Waals surface area contributed by atoms with Crippen LogP contribution in [0.15, 0.2) is 48.5 Å². The Balaban J connectivity index is 1.58. The van der Waals surface area contributed by atoms with Crippen LogP contribution >= 0.6 is 0 Å². The Labute approximate surface area is 134 Å². The molecular formula is C18H18N2O3. The molecule has 0 aromatic heterocycles. The average molecular weight is 310 g/mol. The van der Waals surface area contributed by atoms with Crippen molar-refractivity contribution in [2.24, 2.45) is 0 Å². The van der Waals surface area contributed by atoms with E-state index in [9.17, 15) is 9.59 Å². The number of carbonyl (C=O) groups excluding carboxylic acids is 2. The summed E-state index contributed by atoms with van der Waals surface area (Å²) < 4.78 is 5.12. The number of rotatable bonds is 4. The monoisotopic (exact) mass is 310 g/mol. The first kappa shape index (κ1) is 15.1. The van der Waals surface area contributed by atoms with Gasteiger partial charge < -0.3 is 15.4 Å². The zero-order valence-corrected chi connectivity index (χ0v) is 12.8. The first-order valence-electron chi connectivity index (χ1n) is 7.50. The van der Waals surface area contributed by atoms with E-state index in [0.29, 0.717) is 13.0 Å². The maximum atomic E-state index is 12.1. The molecule has 3 rings (SSSR count). The van der Waals surface area contributed by atoms with E-state index in [1.54, 1.807) is 0 Å². The molecule has 1 unspecified atom stereocenters. The highest BCUT2D eigenvalue weighted by atomic mass is 16.6. The van der Waals surface area contributed by atoms with Gasteiger partial charge in [0.2, 0.25) is 5.91 Å². The fourth-order valence-corrected chi connectivity index (χ4v) is 2.45. The van der Waals surface area contributed by atoms with Crippen molar-refractivity contribution >= 4 is 17.7 Å². The zero-order chi connectivity index (χ0) is 16.2. The van der Waals surface area contributed by atoms with Crippen molar-refractivity contribution in [3.05, 3.63) is 65.2 Å². The average Bonchev–Trinajstić information content (AvgIpc) is 2.97. The number of cyclic esters (lactones) is 1. The Morgan fingerprint density at radius 2 is 1.87 bits per heavy atom. The number of aryl methyl sites for hydroxylation is 1. The van der Waals surface area contributed by atoms with Crippen molar-refractivity contribution in [1.29, 1.82) is 0 Å². The number of hydrogen-bond acceptors (Lipinski definition) is 3. The molecule has 1 aliphatic rings. The third-order valence-corrected chi connectivity index (χ3v) is 3.73. The minimum absolute atomic E-state index is 0.0597. The van der Waals surface area contributed by atoms with Gasteiger partial charge in [0, 0.05) is 5.69 Å². The fourth-order valence-electron chi connectivity index (χ4n) is 2.45. The molecule has 5 heteroatoms. The maximum absolute atomic E-state index is 12.1. The summed E-state index contributed by atoms with van der Waals surface area (Å²) in [5.74, 6) is -0.0597. The summed E-state index contributed by atoms with van der Waals surface area (Å²) in [6.07, 6.45) is -0.322. The van der Waals surface area contributed by atoms with Gasteiger partial charge in [-0.2, -0.15) is 0 Å². The molecule has 0 aliphatic carbocycles. The lowest BCUT2D eigenvalue weighted by molar-refractivity contribution is -0.115. The van der Waals surface area contributed by atoms with E-state index in [0.717, 1.165) is 16.8 Å². The molecule has 0 spiro atoms. The van der Waals surface area contributed by atoms with Gasteiger partial charge in [-0.15, -0.1) is 0 Å². The number of alkyl carbamates (subject to hydrolysis) is 1. The van der Waals surface area contributed by atoms with E-state index in [1.807, 2.05) is 55.5 Å². The number of hydrogen-bond donors (Lipinski definition) is 2. The van der Waals surface area contributed by atoms with Crippen LogP contribution in [0.25, 0.3) is 0 Å². The first-order valence-corrected chi connectivity index (χ1v) is 7.50. The lowest BCUT2D eigenvalue weighted by Gasteiger charge is -2.10. The minimum atomic E-state index is -0.398. The number of carbonyl (C=O) groups is 2. The molecule has 1 atom stereocenters. The van der Waals surface area contributed by atoms with Crippen molar-refractivity contribution in [2.75, 3.05) is 11.9 Å². The second-order valence-corrected chi connectivity index (χ2v) is 5.61. The summed E-state index contributed by atoms with van der Waals surface area (Å²) in [7, 11) is 0. The van der Waals surface area contributed by atoms with Crippen molar-refractivity contribution in [1.82, 2.24) is 5.32 Å². The van der Waals surface area contributed by atoms with Crippen LogP contribution in [0.3, 0.4) is 0 Å². The smallest absolute Gasteiger partial charge is 0.407 e.